The van der Waals surface area contributed by atoms with Crippen molar-refractivity contribution in [3.8, 4) is 5.75 Å². The van der Waals surface area contributed by atoms with Crippen LogP contribution in [0.2, 0.25) is 0 Å². The quantitative estimate of drug-likeness (QED) is 0.667. The molecular formula is C19H24BrN3O3S. The Bertz CT molecular complexity index is 794. The average molecular weight is 454 g/mol. The number of benzene rings is 1. The predicted molar refractivity (Wildman–Crippen MR) is 111 cm³/mol. The third-order valence-corrected chi connectivity index (χ3v) is 5.74. The van der Waals surface area contributed by atoms with E-state index in [0.717, 1.165) is 15.1 Å². The van der Waals surface area contributed by atoms with Crippen molar-refractivity contribution in [2.75, 3.05) is 41.3 Å². The second-order valence-corrected chi connectivity index (χ2v) is 8.75. The number of nitrogens with one attached hydrogen (secondary N) is 1. The van der Waals surface area contributed by atoms with Gasteiger partial charge in [-0.2, -0.15) is 0 Å². The molecule has 27 heavy (non-hydrogen) atoms. The summed E-state index contributed by atoms with van der Waals surface area (Å²) in [6, 6.07) is 11.3. The topological polar surface area (TPSA) is 61.9 Å². The summed E-state index contributed by atoms with van der Waals surface area (Å²) in [5.41, 5.74) is 0.998. The first-order valence-corrected chi connectivity index (χ1v) is 10.0. The van der Waals surface area contributed by atoms with Gasteiger partial charge in [-0.25, -0.2) is 0 Å². The Balaban J connectivity index is 1.97. The van der Waals surface area contributed by atoms with Gasteiger partial charge < -0.3 is 19.9 Å². The number of amides is 2. The van der Waals surface area contributed by atoms with E-state index in [4.69, 9.17) is 4.74 Å². The molecule has 0 aliphatic rings. The van der Waals surface area contributed by atoms with E-state index in [1.54, 1.807) is 20.2 Å². The van der Waals surface area contributed by atoms with E-state index in [-0.39, 0.29) is 24.4 Å². The number of halogens is 1. The molecular weight excluding hydrogens is 430 g/mol. The van der Waals surface area contributed by atoms with Crippen molar-refractivity contribution < 1.29 is 14.3 Å². The molecule has 0 spiro atoms. The number of nitrogens with zero attached hydrogens (tertiary/aromatic N) is 2. The summed E-state index contributed by atoms with van der Waals surface area (Å²) in [6.07, 6.45) is 0. The Morgan fingerprint density at radius 2 is 1.89 bits per heavy atom. The number of para-hydroxylation sites is 1. The largest absolute Gasteiger partial charge is 0.496 e. The van der Waals surface area contributed by atoms with Crippen LogP contribution in [0, 0.1) is 0 Å². The van der Waals surface area contributed by atoms with Gasteiger partial charge >= 0.3 is 0 Å². The predicted octanol–water partition coefficient (Wildman–Crippen LogP) is 3.01. The zero-order chi connectivity index (χ0) is 20.0. The first-order valence-electron chi connectivity index (χ1n) is 8.40. The van der Waals surface area contributed by atoms with Crippen LogP contribution in [-0.4, -0.2) is 63.0 Å². The zero-order valence-corrected chi connectivity index (χ0v) is 18.3. The van der Waals surface area contributed by atoms with Crippen LogP contribution in [0.1, 0.15) is 21.3 Å². The molecule has 0 aliphatic carbocycles. The lowest BCUT2D eigenvalue weighted by atomic mass is 10.0. The van der Waals surface area contributed by atoms with Crippen LogP contribution in [0.25, 0.3) is 0 Å². The first kappa shape index (κ1) is 21.4. The molecule has 1 aromatic heterocycles. The van der Waals surface area contributed by atoms with Gasteiger partial charge in [0, 0.05) is 19.2 Å². The lowest BCUT2D eigenvalue weighted by Gasteiger charge is -2.27. The summed E-state index contributed by atoms with van der Waals surface area (Å²) in [7, 11) is 7.16. The monoisotopic (exact) mass is 453 g/mol. The van der Waals surface area contributed by atoms with Crippen LogP contribution in [0.5, 0.6) is 5.75 Å². The van der Waals surface area contributed by atoms with Gasteiger partial charge in [0.25, 0.3) is 5.91 Å². The highest BCUT2D eigenvalue weighted by atomic mass is 79.9. The average Bonchev–Trinajstić information content (AvgIpc) is 3.07. The Hall–Kier alpha value is -1.90. The van der Waals surface area contributed by atoms with Crippen LogP contribution in [-0.2, 0) is 4.79 Å². The molecule has 8 heteroatoms. The van der Waals surface area contributed by atoms with Crippen molar-refractivity contribution in [3.63, 3.8) is 0 Å². The summed E-state index contributed by atoms with van der Waals surface area (Å²) in [5.74, 6) is 0.402. The van der Waals surface area contributed by atoms with Crippen LogP contribution in [0.3, 0.4) is 0 Å². The molecule has 0 saturated heterocycles. The molecule has 6 nitrogen and oxygen atoms in total. The van der Waals surface area contributed by atoms with Crippen molar-refractivity contribution in [2.24, 2.45) is 0 Å². The number of ether oxygens (including phenoxy) is 1. The molecule has 0 saturated carbocycles. The lowest BCUT2D eigenvalue weighted by molar-refractivity contribution is -0.121. The number of methoxy groups -OCH3 is 1. The van der Waals surface area contributed by atoms with Crippen LogP contribution < -0.4 is 10.1 Å². The molecule has 2 rings (SSSR count). The van der Waals surface area contributed by atoms with Gasteiger partial charge in [-0.3, -0.25) is 9.59 Å². The van der Waals surface area contributed by atoms with Gasteiger partial charge in [-0.05, 0) is 48.2 Å². The summed E-state index contributed by atoms with van der Waals surface area (Å²) >= 11 is 4.69. The number of carbonyl (C=O) groups is 2. The number of rotatable bonds is 8. The summed E-state index contributed by atoms with van der Waals surface area (Å²) in [5, 5.41) is 2.92. The van der Waals surface area contributed by atoms with Crippen LogP contribution in [0.4, 0.5) is 0 Å². The highest BCUT2D eigenvalue weighted by Crippen LogP contribution is 2.27. The maximum Gasteiger partial charge on any atom is 0.264 e. The van der Waals surface area contributed by atoms with Gasteiger partial charge in [0.1, 0.15) is 5.75 Å². The minimum absolute atomic E-state index is 0.000422. The fourth-order valence-corrected chi connectivity index (χ4v) is 4.06. The highest BCUT2D eigenvalue weighted by Gasteiger charge is 2.21. The zero-order valence-electron chi connectivity index (χ0n) is 15.9. The van der Waals surface area contributed by atoms with Gasteiger partial charge in [-0.15, -0.1) is 11.3 Å². The Labute approximate surface area is 172 Å². The first-order chi connectivity index (χ1) is 12.8. The van der Waals surface area contributed by atoms with E-state index in [2.05, 4.69) is 21.2 Å². The SMILES string of the molecule is COc1ccccc1C(CNC(=O)CN(C)C(=O)c1ccc(Br)s1)N(C)C. The fourth-order valence-electron chi connectivity index (χ4n) is 2.68. The molecule has 146 valence electrons. The maximum atomic E-state index is 12.4. The van der Waals surface area contributed by atoms with E-state index < -0.39 is 0 Å². The van der Waals surface area contributed by atoms with Crippen molar-refractivity contribution in [1.29, 1.82) is 0 Å². The molecule has 1 atom stereocenters. The smallest absolute Gasteiger partial charge is 0.264 e. The van der Waals surface area contributed by atoms with E-state index in [1.807, 2.05) is 49.3 Å². The molecule has 2 aromatic rings. The Kier molecular flexibility index (Phi) is 7.82. The van der Waals surface area contributed by atoms with Gasteiger partial charge in [0.05, 0.1) is 28.4 Å². The molecule has 1 aromatic carbocycles. The number of carbonyl (C=O) groups excluding carboxylic acids is 2. The Morgan fingerprint density at radius 1 is 1.19 bits per heavy atom. The van der Waals surface area contributed by atoms with Crippen molar-refractivity contribution in [3.05, 3.63) is 50.6 Å². The molecule has 1 unspecified atom stereocenters. The van der Waals surface area contributed by atoms with E-state index in [0.29, 0.717) is 11.4 Å². The standard InChI is InChI=1S/C19H24BrN3O3S/c1-22(2)14(13-7-5-6-8-15(13)26-4)11-21-18(24)12-23(3)19(25)16-9-10-17(20)27-16/h5-10,14H,11-12H2,1-4H3,(H,21,24). The third-order valence-electron chi connectivity index (χ3n) is 4.13. The van der Waals surface area contributed by atoms with Crippen LogP contribution >= 0.6 is 27.3 Å². The lowest BCUT2D eigenvalue weighted by Crippen LogP contribution is -2.41. The molecule has 2 amide bonds. The summed E-state index contributed by atoms with van der Waals surface area (Å²) < 4.78 is 6.32. The fraction of sp³-hybridized carbons (Fsp3) is 0.368. The van der Waals surface area contributed by atoms with Gasteiger partial charge in [-0.1, -0.05) is 18.2 Å². The van der Waals surface area contributed by atoms with E-state index in [9.17, 15) is 9.59 Å². The number of hydrogen-bond acceptors (Lipinski definition) is 5. The number of hydrogen-bond donors (Lipinski definition) is 1. The summed E-state index contributed by atoms with van der Waals surface area (Å²) in [6.45, 7) is 0.416. The van der Waals surface area contributed by atoms with E-state index in [1.165, 1.54) is 16.2 Å². The Morgan fingerprint density at radius 3 is 2.48 bits per heavy atom. The minimum Gasteiger partial charge on any atom is -0.496 e. The highest BCUT2D eigenvalue weighted by molar-refractivity contribution is 9.11. The molecule has 0 aliphatic heterocycles. The second-order valence-electron chi connectivity index (χ2n) is 6.29. The van der Waals surface area contributed by atoms with Crippen LogP contribution in [0.15, 0.2) is 40.2 Å². The van der Waals surface area contributed by atoms with Crippen molar-refractivity contribution >= 4 is 39.1 Å². The van der Waals surface area contributed by atoms with Crippen molar-refractivity contribution in [1.82, 2.24) is 15.1 Å². The number of likely N-dealkylation sites (N-methyl/N-ethyl adjacent to an activating group) is 2. The normalized spacial score (nSPS) is 11.9. The number of thiophene rings is 1. The van der Waals surface area contributed by atoms with E-state index >= 15 is 0 Å². The third kappa shape index (κ3) is 5.79. The summed E-state index contributed by atoms with van der Waals surface area (Å²) in [4.78, 5) is 28.7. The molecule has 0 bridgehead atoms. The molecule has 0 radical (unpaired) electrons. The van der Waals surface area contributed by atoms with Gasteiger partial charge in [0.2, 0.25) is 5.91 Å². The molecule has 1 N–H and O–H groups in total. The molecule has 0 fully saturated rings. The second kappa shape index (κ2) is 9.87. The minimum atomic E-state index is -0.205. The maximum absolute atomic E-state index is 12.4. The van der Waals surface area contributed by atoms with Gasteiger partial charge in [0.15, 0.2) is 0 Å². The molecule has 1 heterocycles. The van der Waals surface area contributed by atoms with Crippen molar-refractivity contribution in [2.45, 2.75) is 6.04 Å².